The zero-order valence-corrected chi connectivity index (χ0v) is 14.3. The number of aliphatic hydroxyl groups is 1. The second-order valence-corrected chi connectivity index (χ2v) is 7.11. The van der Waals surface area contributed by atoms with Crippen LogP contribution < -0.4 is 5.32 Å². The fourth-order valence-electron chi connectivity index (χ4n) is 3.07. The quantitative estimate of drug-likeness (QED) is 0.810. The predicted octanol–water partition coefficient (Wildman–Crippen LogP) is 2.31. The summed E-state index contributed by atoms with van der Waals surface area (Å²) in [5.41, 5.74) is 0.477. The number of rotatable bonds is 4. The van der Waals surface area contributed by atoms with Gasteiger partial charge in [-0.1, -0.05) is 36.9 Å². The van der Waals surface area contributed by atoms with Gasteiger partial charge in [0.05, 0.1) is 17.7 Å². The molecule has 0 spiro atoms. The van der Waals surface area contributed by atoms with Gasteiger partial charge in [-0.15, -0.1) is 0 Å². The molecule has 3 rings (SSSR count). The number of amides is 1. The van der Waals surface area contributed by atoms with E-state index in [0.717, 1.165) is 11.8 Å². The highest BCUT2D eigenvalue weighted by Crippen LogP contribution is 2.36. The Kier molecular flexibility index (Phi) is 5.12. The molecule has 2 aliphatic rings. The Morgan fingerprint density at radius 1 is 1.46 bits per heavy atom. The molecule has 2 fully saturated rings. The molecule has 2 aliphatic heterocycles. The van der Waals surface area contributed by atoms with Gasteiger partial charge in [-0.2, -0.15) is 0 Å². The maximum absolute atomic E-state index is 12.3. The normalized spacial score (nSPS) is 33.1. The van der Waals surface area contributed by atoms with E-state index >= 15 is 0 Å². The van der Waals surface area contributed by atoms with Crippen molar-refractivity contribution in [2.24, 2.45) is 0 Å². The monoisotopic (exact) mass is 351 g/mol. The van der Waals surface area contributed by atoms with Crippen LogP contribution in [-0.2, 0) is 9.47 Å². The molecule has 6 nitrogen and oxygen atoms in total. The number of thioether (sulfide) groups is 1. The number of hydrogen-bond acceptors (Lipinski definition) is 6. The maximum atomic E-state index is 12.3. The molecule has 0 radical (unpaired) electrons. The Morgan fingerprint density at radius 3 is 2.83 bits per heavy atom. The van der Waals surface area contributed by atoms with Gasteiger partial charge < -0.3 is 19.9 Å². The minimum atomic E-state index is -1.51. The van der Waals surface area contributed by atoms with E-state index in [9.17, 15) is 14.7 Å². The molecule has 130 valence electrons. The van der Waals surface area contributed by atoms with Crippen molar-refractivity contribution in [1.82, 2.24) is 5.32 Å². The van der Waals surface area contributed by atoms with Crippen LogP contribution in [0.5, 0.6) is 0 Å². The summed E-state index contributed by atoms with van der Waals surface area (Å²) in [4.78, 5) is 23.7. The zero-order valence-electron chi connectivity index (χ0n) is 13.4. The number of hydrogen-bond donors (Lipinski definition) is 2. The molecule has 0 aromatic heterocycles. The van der Waals surface area contributed by atoms with Gasteiger partial charge in [0.15, 0.2) is 5.79 Å². The van der Waals surface area contributed by atoms with Gasteiger partial charge in [0.25, 0.3) is 5.24 Å². The average molecular weight is 351 g/mol. The third kappa shape index (κ3) is 3.74. The second-order valence-electron chi connectivity index (χ2n) is 6.12. The lowest BCUT2D eigenvalue weighted by Crippen LogP contribution is -2.58. The van der Waals surface area contributed by atoms with E-state index in [2.05, 4.69) is 5.32 Å². The zero-order chi connectivity index (χ0) is 17.2. The fraction of sp³-hybridized carbons (Fsp3) is 0.529. The van der Waals surface area contributed by atoms with Crippen molar-refractivity contribution in [2.45, 2.75) is 50.2 Å². The highest BCUT2D eigenvalue weighted by molar-refractivity contribution is 8.14. The van der Waals surface area contributed by atoms with Crippen molar-refractivity contribution in [1.29, 1.82) is 0 Å². The SMILES string of the molecule is CCC1CC(OC(=O)c2ccccc2)CC(O)(C2CSC(=O)N2)O1. The first kappa shape index (κ1) is 17.3. The van der Waals surface area contributed by atoms with Crippen molar-refractivity contribution in [3.63, 3.8) is 0 Å². The summed E-state index contributed by atoms with van der Waals surface area (Å²) in [6, 6.07) is 8.27. The van der Waals surface area contributed by atoms with Crippen LogP contribution in [-0.4, -0.2) is 46.1 Å². The summed E-state index contributed by atoms with van der Waals surface area (Å²) in [6.07, 6.45) is 0.692. The van der Waals surface area contributed by atoms with E-state index in [1.807, 2.05) is 13.0 Å². The van der Waals surface area contributed by atoms with Crippen LogP contribution in [0.15, 0.2) is 30.3 Å². The topological polar surface area (TPSA) is 84.9 Å². The van der Waals surface area contributed by atoms with Crippen molar-refractivity contribution in [3.8, 4) is 0 Å². The third-order valence-corrected chi connectivity index (χ3v) is 5.25. The number of benzene rings is 1. The first-order chi connectivity index (χ1) is 11.5. The molecule has 1 amide bonds. The Hall–Kier alpha value is -1.57. The van der Waals surface area contributed by atoms with Gasteiger partial charge in [-0.05, 0) is 18.6 Å². The molecule has 2 heterocycles. The maximum Gasteiger partial charge on any atom is 0.338 e. The highest BCUT2D eigenvalue weighted by atomic mass is 32.2. The minimum Gasteiger partial charge on any atom is -0.458 e. The van der Waals surface area contributed by atoms with Crippen LogP contribution in [0.1, 0.15) is 36.5 Å². The van der Waals surface area contributed by atoms with E-state index in [-0.39, 0.29) is 17.8 Å². The average Bonchev–Trinajstić information content (AvgIpc) is 3.02. The molecular formula is C17H21NO5S. The summed E-state index contributed by atoms with van der Waals surface area (Å²) in [7, 11) is 0. The minimum absolute atomic E-state index is 0.146. The van der Waals surface area contributed by atoms with Crippen LogP contribution >= 0.6 is 11.8 Å². The lowest BCUT2D eigenvalue weighted by atomic mass is 9.92. The Labute approximate surface area is 144 Å². The molecule has 1 aromatic carbocycles. The van der Waals surface area contributed by atoms with Gasteiger partial charge in [0.2, 0.25) is 0 Å². The van der Waals surface area contributed by atoms with Crippen LogP contribution in [0.2, 0.25) is 0 Å². The van der Waals surface area contributed by atoms with Gasteiger partial charge in [0.1, 0.15) is 6.10 Å². The van der Waals surface area contributed by atoms with Crippen LogP contribution in [0.25, 0.3) is 0 Å². The van der Waals surface area contributed by atoms with Crippen molar-refractivity contribution in [3.05, 3.63) is 35.9 Å². The summed E-state index contributed by atoms with van der Waals surface area (Å²) >= 11 is 1.12. The number of esters is 1. The summed E-state index contributed by atoms with van der Waals surface area (Å²) in [6.45, 7) is 1.95. The Balaban J connectivity index is 1.71. The largest absolute Gasteiger partial charge is 0.458 e. The predicted molar refractivity (Wildman–Crippen MR) is 89.8 cm³/mol. The first-order valence-electron chi connectivity index (χ1n) is 8.09. The van der Waals surface area contributed by atoms with Gasteiger partial charge in [-0.25, -0.2) is 4.79 Å². The van der Waals surface area contributed by atoms with Crippen LogP contribution in [0.3, 0.4) is 0 Å². The van der Waals surface area contributed by atoms with E-state index in [0.29, 0.717) is 24.2 Å². The summed E-state index contributed by atoms with van der Waals surface area (Å²) in [5.74, 6) is -1.49. The van der Waals surface area contributed by atoms with Crippen molar-refractivity contribution in [2.75, 3.05) is 5.75 Å². The first-order valence-corrected chi connectivity index (χ1v) is 9.08. The number of carbonyl (C=O) groups is 2. The smallest absolute Gasteiger partial charge is 0.338 e. The molecule has 0 bridgehead atoms. The molecule has 2 saturated heterocycles. The number of nitrogens with one attached hydrogen (secondary N) is 1. The molecule has 0 aliphatic carbocycles. The van der Waals surface area contributed by atoms with E-state index in [4.69, 9.17) is 9.47 Å². The molecule has 4 atom stereocenters. The van der Waals surface area contributed by atoms with E-state index in [1.165, 1.54) is 0 Å². The van der Waals surface area contributed by atoms with Gasteiger partial charge in [0, 0.05) is 18.6 Å². The number of ether oxygens (including phenoxy) is 2. The molecule has 2 N–H and O–H groups in total. The summed E-state index contributed by atoms with van der Waals surface area (Å²) in [5, 5.41) is 13.5. The van der Waals surface area contributed by atoms with Gasteiger partial charge >= 0.3 is 5.97 Å². The molecule has 7 heteroatoms. The Bertz CT molecular complexity index is 610. The molecule has 1 aromatic rings. The molecule has 0 saturated carbocycles. The van der Waals surface area contributed by atoms with Gasteiger partial charge in [-0.3, -0.25) is 4.79 Å². The number of carbonyl (C=O) groups excluding carboxylic acids is 2. The fourth-order valence-corrected chi connectivity index (χ4v) is 3.96. The standard InChI is InChI=1S/C17H21NO5S/c1-2-12-8-13(22-15(19)11-6-4-3-5-7-11)9-17(21,23-12)14-10-24-16(20)18-14/h3-7,12-14,21H,2,8-10H2,1H3,(H,18,20). The molecule has 4 unspecified atom stereocenters. The lowest BCUT2D eigenvalue weighted by Gasteiger charge is -2.43. The molecular weight excluding hydrogens is 330 g/mol. The van der Waals surface area contributed by atoms with E-state index < -0.39 is 23.9 Å². The van der Waals surface area contributed by atoms with E-state index in [1.54, 1.807) is 24.3 Å². The highest BCUT2D eigenvalue weighted by Gasteiger charge is 2.49. The van der Waals surface area contributed by atoms with Crippen molar-refractivity contribution < 1.29 is 24.2 Å². The lowest BCUT2D eigenvalue weighted by molar-refractivity contribution is -0.281. The van der Waals surface area contributed by atoms with Crippen LogP contribution in [0, 0.1) is 0 Å². The van der Waals surface area contributed by atoms with Crippen LogP contribution in [0.4, 0.5) is 4.79 Å². The second kappa shape index (κ2) is 7.13. The van der Waals surface area contributed by atoms with Crippen molar-refractivity contribution >= 4 is 23.0 Å². The Morgan fingerprint density at radius 2 is 2.21 bits per heavy atom. The molecule has 24 heavy (non-hydrogen) atoms. The summed E-state index contributed by atoms with van der Waals surface area (Å²) < 4.78 is 11.4. The third-order valence-electron chi connectivity index (χ3n) is 4.37.